The number of halogens is 3. The van der Waals surface area contributed by atoms with Crippen molar-refractivity contribution in [1.29, 1.82) is 0 Å². The molecular formula is C22H20Cl3N3O2S. The second kappa shape index (κ2) is 9.33. The molecule has 0 unspecified atom stereocenters. The summed E-state index contributed by atoms with van der Waals surface area (Å²) < 4.78 is 0. The summed E-state index contributed by atoms with van der Waals surface area (Å²) in [5, 5.41) is 4.96. The fourth-order valence-corrected chi connectivity index (χ4v) is 4.85. The van der Waals surface area contributed by atoms with E-state index in [1.807, 2.05) is 11.0 Å². The van der Waals surface area contributed by atoms with E-state index >= 15 is 0 Å². The Kier molecular flexibility index (Phi) is 6.72. The number of nitrogens with zero attached hydrogens (tertiary/aromatic N) is 2. The normalized spacial score (nSPS) is 18.6. The molecule has 1 aliphatic carbocycles. The van der Waals surface area contributed by atoms with Gasteiger partial charge in [-0.1, -0.05) is 46.9 Å². The summed E-state index contributed by atoms with van der Waals surface area (Å²) in [4.78, 5) is 29.4. The van der Waals surface area contributed by atoms with E-state index in [0.717, 1.165) is 18.4 Å². The van der Waals surface area contributed by atoms with E-state index in [-0.39, 0.29) is 24.3 Å². The van der Waals surface area contributed by atoms with Crippen LogP contribution in [0.1, 0.15) is 24.8 Å². The molecule has 2 amide bonds. The molecule has 0 spiro atoms. The van der Waals surface area contributed by atoms with Crippen LogP contribution in [0.2, 0.25) is 15.1 Å². The van der Waals surface area contributed by atoms with Gasteiger partial charge < -0.3 is 10.2 Å². The number of hydrogen-bond acceptors (Lipinski definition) is 3. The zero-order chi connectivity index (χ0) is 22.1. The third-order valence-corrected chi connectivity index (χ3v) is 6.64. The summed E-state index contributed by atoms with van der Waals surface area (Å²) in [6.45, 7) is 0.476. The van der Waals surface area contributed by atoms with Crippen molar-refractivity contribution >= 4 is 69.6 Å². The highest BCUT2D eigenvalue weighted by atomic mass is 35.5. The van der Waals surface area contributed by atoms with Gasteiger partial charge in [0.15, 0.2) is 5.11 Å². The summed E-state index contributed by atoms with van der Waals surface area (Å²) >= 11 is 23.9. The molecule has 1 atom stereocenters. The zero-order valence-electron chi connectivity index (χ0n) is 16.5. The predicted octanol–water partition coefficient (Wildman–Crippen LogP) is 5.18. The molecule has 0 radical (unpaired) electrons. The minimum absolute atomic E-state index is 0.00303. The summed E-state index contributed by atoms with van der Waals surface area (Å²) in [6.07, 6.45) is 2.45. The van der Waals surface area contributed by atoms with Crippen molar-refractivity contribution in [3.63, 3.8) is 0 Å². The number of anilines is 1. The van der Waals surface area contributed by atoms with Crippen LogP contribution in [0.4, 0.5) is 5.69 Å². The molecule has 1 N–H and O–H groups in total. The average molecular weight is 497 g/mol. The highest BCUT2D eigenvalue weighted by Crippen LogP contribution is 2.34. The molecular weight excluding hydrogens is 477 g/mol. The van der Waals surface area contributed by atoms with Crippen LogP contribution in [0.5, 0.6) is 0 Å². The van der Waals surface area contributed by atoms with Gasteiger partial charge in [0.05, 0.1) is 6.42 Å². The number of hydrogen-bond donors (Lipinski definition) is 1. The molecule has 9 heteroatoms. The third-order valence-electron chi connectivity index (χ3n) is 5.39. The Morgan fingerprint density at radius 1 is 1.10 bits per heavy atom. The monoisotopic (exact) mass is 495 g/mol. The van der Waals surface area contributed by atoms with Crippen molar-refractivity contribution in [3.8, 4) is 0 Å². The highest BCUT2D eigenvalue weighted by molar-refractivity contribution is 7.80. The summed E-state index contributed by atoms with van der Waals surface area (Å²) in [5.74, 6) is -0.383. The van der Waals surface area contributed by atoms with Crippen LogP contribution in [-0.4, -0.2) is 45.4 Å². The van der Waals surface area contributed by atoms with Gasteiger partial charge in [-0.25, -0.2) is 0 Å². The maximum absolute atomic E-state index is 13.1. The summed E-state index contributed by atoms with van der Waals surface area (Å²) in [6, 6.07) is 11.7. The van der Waals surface area contributed by atoms with Crippen molar-refractivity contribution in [3.05, 3.63) is 63.1 Å². The van der Waals surface area contributed by atoms with Crippen LogP contribution >= 0.6 is 47.0 Å². The molecule has 0 bridgehead atoms. The van der Waals surface area contributed by atoms with E-state index in [1.165, 1.54) is 0 Å². The van der Waals surface area contributed by atoms with E-state index in [4.69, 9.17) is 47.0 Å². The zero-order valence-corrected chi connectivity index (χ0v) is 19.6. The molecule has 31 heavy (non-hydrogen) atoms. The van der Waals surface area contributed by atoms with E-state index in [2.05, 4.69) is 5.32 Å². The lowest BCUT2D eigenvalue weighted by Crippen LogP contribution is -2.39. The number of carbonyl (C=O) groups excluding carboxylic acids is 2. The van der Waals surface area contributed by atoms with Crippen molar-refractivity contribution in [2.24, 2.45) is 0 Å². The fourth-order valence-electron chi connectivity index (χ4n) is 3.70. The molecule has 1 aliphatic heterocycles. The Labute approximate surface area is 201 Å². The lowest BCUT2D eigenvalue weighted by atomic mass is 10.1. The van der Waals surface area contributed by atoms with Gasteiger partial charge in [-0.05, 0) is 67.4 Å². The van der Waals surface area contributed by atoms with Gasteiger partial charge in [-0.2, -0.15) is 0 Å². The number of nitrogens with one attached hydrogen (secondary N) is 1. The van der Waals surface area contributed by atoms with Crippen LogP contribution in [0.15, 0.2) is 42.5 Å². The lowest BCUT2D eigenvalue weighted by molar-refractivity contribution is -0.131. The Bertz CT molecular complexity index is 1040. The third kappa shape index (κ3) is 5.14. The van der Waals surface area contributed by atoms with Gasteiger partial charge in [-0.3, -0.25) is 14.5 Å². The van der Waals surface area contributed by atoms with Gasteiger partial charge >= 0.3 is 0 Å². The van der Waals surface area contributed by atoms with Gasteiger partial charge in [0, 0.05) is 33.3 Å². The first-order valence-electron chi connectivity index (χ1n) is 9.96. The van der Waals surface area contributed by atoms with Crippen LogP contribution in [0.3, 0.4) is 0 Å². The summed E-state index contributed by atoms with van der Waals surface area (Å²) in [7, 11) is 0. The van der Waals surface area contributed by atoms with E-state index in [1.54, 1.807) is 41.3 Å². The second-order valence-electron chi connectivity index (χ2n) is 7.68. The number of carbonyl (C=O) groups is 2. The van der Waals surface area contributed by atoms with Gasteiger partial charge in [0.25, 0.3) is 5.91 Å². The fraction of sp³-hybridized carbons (Fsp3) is 0.318. The first-order valence-corrected chi connectivity index (χ1v) is 11.5. The maximum atomic E-state index is 13.1. The second-order valence-corrected chi connectivity index (χ2v) is 9.32. The van der Waals surface area contributed by atoms with Crippen LogP contribution < -0.4 is 5.32 Å². The Hall–Kier alpha value is -1.86. The molecule has 1 heterocycles. The number of rotatable bonds is 7. The van der Waals surface area contributed by atoms with E-state index in [0.29, 0.717) is 38.8 Å². The number of thiocarbonyl (C=S) groups is 1. The molecule has 2 aromatic carbocycles. The highest BCUT2D eigenvalue weighted by Gasteiger charge is 2.48. The molecule has 4 rings (SSSR count). The quantitative estimate of drug-likeness (QED) is 0.537. The van der Waals surface area contributed by atoms with Crippen molar-refractivity contribution < 1.29 is 9.59 Å². The first-order chi connectivity index (χ1) is 14.8. The Balaban J connectivity index is 1.49. The van der Waals surface area contributed by atoms with Gasteiger partial charge in [0.2, 0.25) is 5.91 Å². The molecule has 1 saturated heterocycles. The molecule has 5 nitrogen and oxygen atoms in total. The van der Waals surface area contributed by atoms with Crippen LogP contribution in [0.25, 0.3) is 0 Å². The number of amides is 2. The topological polar surface area (TPSA) is 52.7 Å². The van der Waals surface area contributed by atoms with Gasteiger partial charge in [0.1, 0.15) is 6.04 Å². The molecule has 2 aromatic rings. The Morgan fingerprint density at radius 3 is 2.52 bits per heavy atom. The molecule has 2 fully saturated rings. The smallest absolute Gasteiger partial charge is 0.252 e. The van der Waals surface area contributed by atoms with Gasteiger partial charge in [-0.15, -0.1) is 0 Å². The Morgan fingerprint density at radius 2 is 1.84 bits per heavy atom. The lowest BCUT2D eigenvalue weighted by Gasteiger charge is -2.24. The van der Waals surface area contributed by atoms with Crippen molar-refractivity contribution in [2.45, 2.75) is 37.8 Å². The minimum atomic E-state index is -0.640. The summed E-state index contributed by atoms with van der Waals surface area (Å²) in [5.41, 5.74) is 1.50. The molecule has 162 valence electrons. The minimum Gasteiger partial charge on any atom is -0.336 e. The maximum Gasteiger partial charge on any atom is 0.252 e. The predicted molar refractivity (Wildman–Crippen MR) is 128 cm³/mol. The largest absolute Gasteiger partial charge is 0.336 e. The molecule has 2 aliphatic rings. The molecule has 0 aromatic heterocycles. The van der Waals surface area contributed by atoms with E-state index < -0.39 is 6.04 Å². The number of benzene rings is 2. The van der Waals surface area contributed by atoms with Crippen molar-refractivity contribution in [1.82, 2.24) is 9.80 Å². The van der Waals surface area contributed by atoms with Crippen molar-refractivity contribution in [2.75, 3.05) is 11.9 Å². The molecule has 1 saturated carbocycles. The first kappa shape index (κ1) is 22.3. The SMILES string of the molecule is O=C(C[C@@H]1C(=O)N(C2CC2)C(=S)N1CCc1ccc(Cl)cc1Cl)Nc1cccc(Cl)c1. The standard InChI is InChI=1S/C22H20Cl3N3O2S/c23-14-2-1-3-16(10-14)26-20(29)12-19-21(30)28(17-6-7-17)22(31)27(19)9-8-13-4-5-15(24)11-18(13)25/h1-5,10-11,17,19H,6-9,12H2,(H,26,29)/t19-/m1/s1. The van der Waals surface area contributed by atoms with E-state index in [9.17, 15) is 9.59 Å². The van der Waals surface area contributed by atoms with Crippen LogP contribution in [0, 0.1) is 0 Å². The average Bonchev–Trinajstić information content (AvgIpc) is 3.50. The van der Waals surface area contributed by atoms with Crippen LogP contribution in [-0.2, 0) is 16.0 Å².